The number of hydrazine groups is 1. The largest absolute Gasteiger partial charge is 0.375 e. The molecular formula is C7H9N3OS2. The van der Waals surface area contributed by atoms with E-state index in [1.54, 1.807) is 6.07 Å². The summed E-state index contributed by atoms with van der Waals surface area (Å²) in [5, 5.41) is 1.94. The normalized spacial score (nSPS) is 9.31. The van der Waals surface area contributed by atoms with Gasteiger partial charge in [0.15, 0.2) is 5.11 Å². The van der Waals surface area contributed by atoms with E-state index < -0.39 is 0 Å². The molecular weight excluding hydrogens is 206 g/mol. The number of rotatable bonds is 1. The minimum Gasteiger partial charge on any atom is -0.375 e. The standard InChI is InChI=1S/C7H9N3OS2/c1-4-2-5(13-3-4)6(11)9-10-7(8)12/h2-3H,1H3,(H,9,11)(H3,8,10,12). The summed E-state index contributed by atoms with van der Waals surface area (Å²) in [7, 11) is 0. The second-order valence-electron chi connectivity index (χ2n) is 2.43. The van der Waals surface area contributed by atoms with Crippen LogP contribution in [0.1, 0.15) is 15.2 Å². The Labute approximate surface area is 85.1 Å². The zero-order valence-electron chi connectivity index (χ0n) is 6.96. The maximum atomic E-state index is 11.3. The van der Waals surface area contributed by atoms with Gasteiger partial charge in [-0.15, -0.1) is 11.3 Å². The molecule has 0 bridgehead atoms. The predicted octanol–water partition coefficient (Wildman–Crippen LogP) is 0.535. The van der Waals surface area contributed by atoms with Crippen LogP contribution in [0, 0.1) is 6.92 Å². The van der Waals surface area contributed by atoms with Crippen molar-refractivity contribution in [3.63, 3.8) is 0 Å². The van der Waals surface area contributed by atoms with Crippen molar-refractivity contribution in [3.05, 3.63) is 21.9 Å². The van der Waals surface area contributed by atoms with Crippen molar-refractivity contribution in [3.8, 4) is 0 Å². The first-order valence-corrected chi connectivity index (χ1v) is 4.79. The fraction of sp³-hybridized carbons (Fsp3) is 0.143. The smallest absolute Gasteiger partial charge is 0.279 e. The van der Waals surface area contributed by atoms with Crippen LogP contribution in [-0.4, -0.2) is 11.0 Å². The van der Waals surface area contributed by atoms with Crippen LogP contribution in [0.5, 0.6) is 0 Å². The van der Waals surface area contributed by atoms with Crippen molar-refractivity contribution in [1.29, 1.82) is 0 Å². The minimum atomic E-state index is -0.231. The SMILES string of the molecule is Cc1csc(C(=O)NNC(N)=S)c1. The van der Waals surface area contributed by atoms with Crippen molar-refractivity contribution >= 4 is 34.6 Å². The minimum absolute atomic E-state index is 0.0432. The number of carbonyl (C=O) groups excluding carboxylic acids is 1. The molecule has 1 aromatic rings. The molecule has 0 atom stereocenters. The molecule has 0 aliphatic heterocycles. The number of hydrogen-bond acceptors (Lipinski definition) is 3. The molecule has 6 heteroatoms. The Hall–Kier alpha value is -1.14. The van der Waals surface area contributed by atoms with Crippen LogP contribution in [0.2, 0.25) is 0 Å². The first-order chi connectivity index (χ1) is 6.09. The predicted molar refractivity (Wildman–Crippen MR) is 56.4 cm³/mol. The third-order valence-corrected chi connectivity index (χ3v) is 2.40. The average Bonchev–Trinajstić information content (AvgIpc) is 2.47. The lowest BCUT2D eigenvalue weighted by molar-refractivity contribution is 0.0948. The zero-order chi connectivity index (χ0) is 9.84. The molecule has 1 amide bonds. The molecule has 1 rings (SSSR count). The second kappa shape index (κ2) is 4.20. The molecule has 0 saturated carbocycles. The molecule has 1 heterocycles. The van der Waals surface area contributed by atoms with Crippen LogP contribution < -0.4 is 16.6 Å². The highest BCUT2D eigenvalue weighted by molar-refractivity contribution is 7.80. The average molecular weight is 215 g/mol. The lowest BCUT2D eigenvalue weighted by atomic mass is 10.3. The fourth-order valence-electron chi connectivity index (χ4n) is 0.730. The highest BCUT2D eigenvalue weighted by Gasteiger charge is 2.06. The summed E-state index contributed by atoms with van der Waals surface area (Å²) in [5.41, 5.74) is 10.9. The third-order valence-electron chi connectivity index (χ3n) is 1.25. The van der Waals surface area contributed by atoms with E-state index in [0.717, 1.165) is 5.56 Å². The van der Waals surface area contributed by atoms with E-state index in [2.05, 4.69) is 23.1 Å². The summed E-state index contributed by atoms with van der Waals surface area (Å²) >= 11 is 5.90. The van der Waals surface area contributed by atoms with Crippen molar-refractivity contribution < 1.29 is 4.79 Å². The van der Waals surface area contributed by atoms with E-state index in [4.69, 9.17) is 5.73 Å². The first kappa shape index (κ1) is 9.94. The van der Waals surface area contributed by atoms with Crippen LogP contribution >= 0.6 is 23.6 Å². The number of amides is 1. The van der Waals surface area contributed by atoms with Crippen LogP contribution in [0.4, 0.5) is 0 Å². The van der Waals surface area contributed by atoms with E-state index in [-0.39, 0.29) is 11.0 Å². The van der Waals surface area contributed by atoms with Gasteiger partial charge in [0.25, 0.3) is 5.91 Å². The lowest BCUT2D eigenvalue weighted by Crippen LogP contribution is -2.44. The summed E-state index contributed by atoms with van der Waals surface area (Å²) in [6.07, 6.45) is 0. The third kappa shape index (κ3) is 3.00. The van der Waals surface area contributed by atoms with E-state index in [1.807, 2.05) is 12.3 Å². The monoisotopic (exact) mass is 215 g/mol. The van der Waals surface area contributed by atoms with E-state index in [1.165, 1.54) is 11.3 Å². The van der Waals surface area contributed by atoms with Crippen LogP contribution in [0.3, 0.4) is 0 Å². The Morgan fingerprint density at radius 2 is 2.31 bits per heavy atom. The van der Waals surface area contributed by atoms with Gasteiger partial charge < -0.3 is 5.73 Å². The second-order valence-corrected chi connectivity index (χ2v) is 3.78. The van der Waals surface area contributed by atoms with Gasteiger partial charge in [-0.2, -0.15) is 0 Å². The maximum absolute atomic E-state index is 11.3. The molecule has 4 nitrogen and oxygen atoms in total. The van der Waals surface area contributed by atoms with Crippen LogP contribution in [0.15, 0.2) is 11.4 Å². The molecule has 13 heavy (non-hydrogen) atoms. The lowest BCUT2D eigenvalue weighted by Gasteiger charge is -2.03. The van der Waals surface area contributed by atoms with Crippen molar-refractivity contribution in [2.24, 2.45) is 5.73 Å². The number of nitrogens with two attached hydrogens (primary N) is 1. The molecule has 0 aliphatic carbocycles. The summed E-state index contributed by atoms with van der Waals surface area (Å²) < 4.78 is 0. The molecule has 70 valence electrons. The number of nitrogens with one attached hydrogen (secondary N) is 2. The van der Waals surface area contributed by atoms with Crippen molar-refractivity contribution in [2.45, 2.75) is 6.92 Å². The number of aryl methyl sites for hydroxylation is 1. The maximum Gasteiger partial charge on any atom is 0.279 e. The van der Waals surface area contributed by atoms with Crippen molar-refractivity contribution in [1.82, 2.24) is 10.9 Å². The molecule has 0 fully saturated rings. The number of hydrogen-bond donors (Lipinski definition) is 3. The van der Waals surface area contributed by atoms with Gasteiger partial charge in [-0.25, -0.2) is 0 Å². The van der Waals surface area contributed by atoms with Crippen LogP contribution in [0.25, 0.3) is 0 Å². The molecule has 1 aromatic heterocycles. The Morgan fingerprint density at radius 1 is 1.62 bits per heavy atom. The molecule has 0 radical (unpaired) electrons. The summed E-state index contributed by atoms with van der Waals surface area (Å²) in [6, 6.07) is 1.79. The topological polar surface area (TPSA) is 67.2 Å². The number of carbonyl (C=O) groups is 1. The highest BCUT2D eigenvalue weighted by atomic mass is 32.1. The fourth-order valence-corrected chi connectivity index (χ4v) is 1.57. The molecule has 0 spiro atoms. The van der Waals surface area contributed by atoms with Crippen molar-refractivity contribution in [2.75, 3.05) is 0 Å². The van der Waals surface area contributed by atoms with Crippen LogP contribution in [-0.2, 0) is 0 Å². The van der Waals surface area contributed by atoms with Gasteiger partial charge in [0.1, 0.15) is 0 Å². The number of thiocarbonyl (C=S) groups is 1. The highest BCUT2D eigenvalue weighted by Crippen LogP contribution is 2.12. The molecule has 4 N–H and O–H groups in total. The Morgan fingerprint density at radius 3 is 2.77 bits per heavy atom. The molecule has 0 aliphatic rings. The van der Waals surface area contributed by atoms with E-state index in [9.17, 15) is 4.79 Å². The Bertz CT molecular complexity index is 334. The number of thiophene rings is 1. The van der Waals surface area contributed by atoms with Gasteiger partial charge in [0.2, 0.25) is 0 Å². The quantitative estimate of drug-likeness (QED) is 0.472. The molecule has 0 saturated heterocycles. The summed E-state index contributed by atoms with van der Waals surface area (Å²) in [6.45, 7) is 1.92. The summed E-state index contributed by atoms with van der Waals surface area (Å²) in [5.74, 6) is -0.231. The van der Waals surface area contributed by atoms with Gasteiger partial charge >= 0.3 is 0 Å². The first-order valence-electron chi connectivity index (χ1n) is 3.50. The van der Waals surface area contributed by atoms with E-state index >= 15 is 0 Å². The zero-order valence-corrected chi connectivity index (χ0v) is 8.59. The Balaban J connectivity index is 2.54. The van der Waals surface area contributed by atoms with Gasteiger partial charge in [0.05, 0.1) is 4.88 Å². The van der Waals surface area contributed by atoms with Gasteiger partial charge in [-0.05, 0) is 36.2 Å². The summed E-state index contributed by atoms with van der Waals surface area (Å²) in [4.78, 5) is 11.9. The van der Waals surface area contributed by atoms with Gasteiger partial charge in [-0.3, -0.25) is 15.6 Å². The van der Waals surface area contributed by atoms with Gasteiger partial charge in [-0.1, -0.05) is 0 Å². The molecule has 0 unspecified atom stereocenters. The Kier molecular flexibility index (Phi) is 3.21. The van der Waals surface area contributed by atoms with E-state index in [0.29, 0.717) is 4.88 Å². The molecule has 0 aromatic carbocycles. The van der Waals surface area contributed by atoms with Gasteiger partial charge in [0, 0.05) is 0 Å².